The molecule has 2 heterocycles. The van der Waals surface area contributed by atoms with Gasteiger partial charge in [0.15, 0.2) is 0 Å². The molecule has 1 aliphatic rings. The quantitative estimate of drug-likeness (QED) is 0.634. The van der Waals surface area contributed by atoms with Crippen molar-refractivity contribution in [1.29, 1.82) is 0 Å². The second kappa shape index (κ2) is 6.86. The minimum Gasteiger partial charge on any atom is -0.336 e. The maximum atomic E-state index is 12.3. The first-order valence-electron chi connectivity index (χ1n) is 6.83. The van der Waals surface area contributed by atoms with Crippen molar-refractivity contribution in [2.45, 2.75) is 13.8 Å². The Kier molecular flexibility index (Phi) is 5.15. The number of allylic oxidation sites excluding steroid dienone is 1. The third-order valence-electron chi connectivity index (χ3n) is 3.39. The Morgan fingerprint density at radius 1 is 1.30 bits per heavy atom. The Morgan fingerprint density at radius 3 is 2.55 bits per heavy atom. The van der Waals surface area contributed by atoms with Gasteiger partial charge in [0.1, 0.15) is 5.15 Å². The van der Waals surface area contributed by atoms with Crippen LogP contribution in [0.15, 0.2) is 30.0 Å². The van der Waals surface area contributed by atoms with Crippen LogP contribution in [0.5, 0.6) is 0 Å². The number of piperazine rings is 1. The van der Waals surface area contributed by atoms with Crippen molar-refractivity contribution in [3.05, 3.63) is 40.7 Å². The molecule has 0 aliphatic carbocycles. The van der Waals surface area contributed by atoms with Crippen LogP contribution in [0.1, 0.15) is 24.2 Å². The number of carbonyl (C=O) groups excluding carboxylic acids is 1. The van der Waals surface area contributed by atoms with Gasteiger partial charge in [0.25, 0.3) is 5.91 Å². The van der Waals surface area contributed by atoms with Crippen molar-refractivity contribution in [1.82, 2.24) is 14.8 Å². The fraction of sp³-hybridized carbons (Fsp3) is 0.467. The van der Waals surface area contributed by atoms with E-state index in [9.17, 15) is 4.79 Å². The summed E-state index contributed by atoms with van der Waals surface area (Å²) in [6.45, 7) is 8.52. The number of hydrogen-bond acceptors (Lipinski definition) is 3. The van der Waals surface area contributed by atoms with Crippen LogP contribution in [0.4, 0.5) is 0 Å². The van der Waals surface area contributed by atoms with E-state index in [2.05, 4.69) is 29.8 Å². The molecule has 20 heavy (non-hydrogen) atoms. The molecule has 1 saturated heterocycles. The summed E-state index contributed by atoms with van der Waals surface area (Å²) in [7, 11) is 0. The summed E-state index contributed by atoms with van der Waals surface area (Å²) >= 11 is 5.73. The van der Waals surface area contributed by atoms with E-state index in [1.54, 1.807) is 18.3 Å². The maximum absolute atomic E-state index is 12.3. The highest BCUT2D eigenvalue weighted by Crippen LogP contribution is 2.10. The third-order valence-corrected chi connectivity index (χ3v) is 3.62. The molecule has 1 aliphatic heterocycles. The minimum atomic E-state index is 0.0380. The molecule has 0 bridgehead atoms. The molecule has 0 unspecified atom stereocenters. The lowest BCUT2D eigenvalue weighted by Gasteiger charge is -2.34. The van der Waals surface area contributed by atoms with Crippen LogP contribution < -0.4 is 0 Å². The highest BCUT2D eigenvalue weighted by atomic mass is 35.5. The van der Waals surface area contributed by atoms with E-state index < -0.39 is 0 Å². The van der Waals surface area contributed by atoms with Gasteiger partial charge in [0, 0.05) is 38.9 Å². The van der Waals surface area contributed by atoms with Gasteiger partial charge in [-0.15, -0.1) is 0 Å². The number of halogens is 1. The van der Waals surface area contributed by atoms with Gasteiger partial charge in [-0.1, -0.05) is 23.3 Å². The van der Waals surface area contributed by atoms with E-state index in [0.29, 0.717) is 10.7 Å². The number of pyridine rings is 1. The lowest BCUT2D eigenvalue weighted by Crippen LogP contribution is -2.48. The topological polar surface area (TPSA) is 36.4 Å². The standard InChI is InChI=1S/C15H20ClN3O/c1-12(2)5-6-18-7-9-19(10-8-18)15(20)13-3-4-14(16)17-11-13/h3-5,11H,6-10H2,1-2H3. The van der Waals surface area contributed by atoms with Crippen molar-refractivity contribution in [3.8, 4) is 0 Å². The van der Waals surface area contributed by atoms with Crippen molar-refractivity contribution in [3.63, 3.8) is 0 Å². The molecule has 1 aromatic rings. The first-order valence-corrected chi connectivity index (χ1v) is 7.20. The number of carbonyl (C=O) groups is 1. The van der Waals surface area contributed by atoms with Crippen molar-refractivity contribution >= 4 is 17.5 Å². The molecule has 108 valence electrons. The van der Waals surface area contributed by atoms with Crippen LogP contribution in [0.3, 0.4) is 0 Å². The number of hydrogen-bond donors (Lipinski definition) is 0. The predicted octanol–water partition coefficient (Wildman–Crippen LogP) is 2.46. The Balaban J connectivity index is 1.88. The van der Waals surface area contributed by atoms with Crippen LogP contribution in [-0.4, -0.2) is 53.4 Å². The van der Waals surface area contributed by atoms with E-state index in [1.807, 2.05) is 4.90 Å². The lowest BCUT2D eigenvalue weighted by atomic mass is 10.2. The molecule has 0 saturated carbocycles. The van der Waals surface area contributed by atoms with E-state index in [4.69, 9.17) is 11.6 Å². The van der Waals surface area contributed by atoms with Gasteiger partial charge in [-0.2, -0.15) is 0 Å². The summed E-state index contributed by atoms with van der Waals surface area (Å²) in [6.07, 6.45) is 3.76. The number of aromatic nitrogens is 1. The summed E-state index contributed by atoms with van der Waals surface area (Å²) < 4.78 is 0. The zero-order valence-electron chi connectivity index (χ0n) is 12.0. The third kappa shape index (κ3) is 4.05. The summed E-state index contributed by atoms with van der Waals surface area (Å²) in [5.41, 5.74) is 1.93. The minimum absolute atomic E-state index is 0.0380. The molecule has 2 rings (SSSR count). The van der Waals surface area contributed by atoms with Gasteiger partial charge in [-0.3, -0.25) is 9.69 Å². The lowest BCUT2D eigenvalue weighted by molar-refractivity contribution is 0.0649. The normalized spacial score (nSPS) is 16.1. The zero-order valence-corrected chi connectivity index (χ0v) is 12.7. The van der Waals surface area contributed by atoms with Crippen LogP contribution in [0.2, 0.25) is 5.15 Å². The average Bonchev–Trinajstić information content (AvgIpc) is 2.46. The Bertz CT molecular complexity index is 486. The van der Waals surface area contributed by atoms with Gasteiger partial charge in [0.05, 0.1) is 5.56 Å². The molecule has 1 fully saturated rings. The molecule has 0 N–H and O–H groups in total. The van der Waals surface area contributed by atoms with E-state index in [-0.39, 0.29) is 5.91 Å². The van der Waals surface area contributed by atoms with Crippen LogP contribution in [-0.2, 0) is 0 Å². The smallest absolute Gasteiger partial charge is 0.255 e. The highest BCUT2D eigenvalue weighted by Gasteiger charge is 2.21. The second-order valence-corrected chi connectivity index (χ2v) is 5.63. The predicted molar refractivity (Wildman–Crippen MR) is 81.0 cm³/mol. The number of amides is 1. The van der Waals surface area contributed by atoms with Gasteiger partial charge in [0.2, 0.25) is 0 Å². The molecule has 0 atom stereocenters. The van der Waals surface area contributed by atoms with Gasteiger partial charge >= 0.3 is 0 Å². The molecule has 0 aromatic carbocycles. The second-order valence-electron chi connectivity index (χ2n) is 5.24. The van der Waals surface area contributed by atoms with Gasteiger partial charge in [-0.25, -0.2) is 4.98 Å². The van der Waals surface area contributed by atoms with Crippen molar-refractivity contribution < 1.29 is 4.79 Å². The van der Waals surface area contributed by atoms with Crippen molar-refractivity contribution in [2.75, 3.05) is 32.7 Å². The highest BCUT2D eigenvalue weighted by molar-refractivity contribution is 6.29. The zero-order chi connectivity index (χ0) is 14.5. The Hall–Kier alpha value is -1.39. The molecule has 1 amide bonds. The van der Waals surface area contributed by atoms with Gasteiger partial charge in [-0.05, 0) is 26.0 Å². The monoisotopic (exact) mass is 293 g/mol. The van der Waals surface area contributed by atoms with E-state index in [0.717, 1.165) is 32.7 Å². The largest absolute Gasteiger partial charge is 0.336 e. The summed E-state index contributed by atoms with van der Waals surface area (Å²) in [6, 6.07) is 3.38. The summed E-state index contributed by atoms with van der Waals surface area (Å²) in [4.78, 5) is 20.5. The van der Waals surface area contributed by atoms with Crippen molar-refractivity contribution in [2.24, 2.45) is 0 Å². The first-order chi connectivity index (χ1) is 9.56. The maximum Gasteiger partial charge on any atom is 0.255 e. The summed E-state index contributed by atoms with van der Waals surface area (Å²) in [5, 5.41) is 0.410. The van der Waals surface area contributed by atoms with Gasteiger partial charge < -0.3 is 4.90 Å². The first kappa shape index (κ1) is 15.0. The van der Waals surface area contributed by atoms with E-state index in [1.165, 1.54) is 5.57 Å². The van der Waals surface area contributed by atoms with E-state index >= 15 is 0 Å². The molecule has 1 aromatic heterocycles. The molecular formula is C15H20ClN3O. The fourth-order valence-electron chi connectivity index (χ4n) is 2.13. The fourth-order valence-corrected chi connectivity index (χ4v) is 2.24. The van der Waals surface area contributed by atoms with Crippen LogP contribution >= 0.6 is 11.6 Å². The Labute approximate surface area is 125 Å². The molecule has 0 radical (unpaired) electrons. The molecular weight excluding hydrogens is 274 g/mol. The number of nitrogens with zero attached hydrogens (tertiary/aromatic N) is 3. The molecule has 5 heteroatoms. The SMILES string of the molecule is CC(C)=CCN1CCN(C(=O)c2ccc(Cl)nc2)CC1. The molecule has 0 spiro atoms. The Morgan fingerprint density at radius 2 is 2.00 bits per heavy atom. The summed E-state index contributed by atoms with van der Waals surface area (Å²) in [5.74, 6) is 0.0380. The van der Waals surface area contributed by atoms with Crippen LogP contribution in [0, 0.1) is 0 Å². The van der Waals surface area contributed by atoms with Crippen LogP contribution in [0.25, 0.3) is 0 Å². The average molecular weight is 294 g/mol. The molecule has 4 nitrogen and oxygen atoms in total. The number of rotatable bonds is 3.